The first kappa shape index (κ1) is 18.4. The second-order valence-electron chi connectivity index (χ2n) is 6.35. The number of carbonyl (C=O) groups excluding carboxylic acids is 1. The molecular weight excluding hydrogens is 326 g/mol. The van der Waals surface area contributed by atoms with Crippen molar-refractivity contribution in [2.24, 2.45) is 0 Å². The van der Waals surface area contributed by atoms with Gasteiger partial charge in [-0.25, -0.2) is 8.42 Å². The van der Waals surface area contributed by atoms with Gasteiger partial charge in [-0.3, -0.25) is 10.1 Å². The van der Waals surface area contributed by atoms with E-state index in [4.69, 9.17) is 5.26 Å². The monoisotopic (exact) mass is 349 g/mol. The average molecular weight is 349 g/mol. The van der Waals surface area contributed by atoms with E-state index < -0.39 is 15.9 Å². The Hall–Kier alpha value is -1.91. The van der Waals surface area contributed by atoms with E-state index in [1.165, 1.54) is 0 Å². The van der Waals surface area contributed by atoms with Crippen molar-refractivity contribution in [3.05, 3.63) is 35.4 Å². The van der Waals surface area contributed by atoms with Gasteiger partial charge in [-0.2, -0.15) is 5.26 Å². The number of hydrogen-bond donors (Lipinski definition) is 1. The van der Waals surface area contributed by atoms with E-state index in [0.29, 0.717) is 12.0 Å². The first-order valence-electron chi connectivity index (χ1n) is 7.96. The predicted molar refractivity (Wildman–Crippen MR) is 92.0 cm³/mol. The van der Waals surface area contributed by atoms with Gasteiger partial charge in [0.05, 0.1) is 29.2 Å². The van der Waals surface area contributed by atoms with Gasteiger partial charge in [0.2, 0.25) is 5.91 Å². The predicted octanol–water partition coefficient (Wildman–Crippen LogP) is 1.24. The second kappa shape index (κ2) is 7.32. The number of nitrogens with zero attached hydrogens (tertiary/aromatic N) is 2. The number of amides is 1. The van der Waals surface area contributed by atoms with Crippen LogP contribution >= 0.6 is 0 Å². The first-order chi connectivity index (χ1) is 11.2. The van der Waals surface area contributed by atoms with Crippen LogP contribution in [-0.2, 0) is 14.6 Å². The normalized spacial score (nSPS) is 21.7. The molecule has 24 heavy (non-hydrogen) atoms. The first-order valence-corrected chi connectivity index (χ1v) is 9.79. The minimum Gasteiger partial charge on any atom is -0.340 e. The van der Waals surface area contributed by atoms with Crippen molar-refractivity contribution in [2.45, 2.75) is 38.4 Å². The van der Waals surface area contributed by atoms with Crippen LogP contribution in [0.3, 0.4) is 0 Å². The highest BCUT2D eigenvalue weighted by molar-refractivity contribution is 7.91. The zero-order valence-corrected chi connectivity index (χ0v) is 15.0. The molecular formula is C17H23N3O3S. The third-order valence-corrected chi connectivity index (χ3v) is 6.26. The molecule has 1 saturated heterocycles. The lowest BCUT2D eigenvalue weighted by atomic mass is 10.1. The molecule has 0 aliphatic carbocycles. The molecule has 0 radical (unpaired) electrons. The lowest BCUT2D eigenvalue weighted by Gasteiger charge is -2.28. The van der Waals surface area contributed by atoms with E-state index in [9.17, 15) is 13.2 Å². The Labute approximate surface area is 143 Å². The smallest absolute Gasteiger partial charge is 0.239 e. The van der Waals surface area contributed by atoms with Gasteiger partial charge >= 0.3 is 0 Å². The van der Waals surface area contributed by atoms with Gasteiger partial charge in [0.1, 0.15) is 0 Å². The fourth-order valence-corrected chi connectivity index (χ4v) is 4.73. The van der Waals surface area contributed by atoms with Gasteiger partial charge in [-0.1, -0.05) is 12.1 Å². The van der Waals surface area contributed by atoms with E-state index in [0.717, 1.165) is 5.56 Å². The molecule has 1 aliphatic heterocycles. The topological polar surface area (TPSA) is 90.3 Å². The minimum absolute atomic E-state index is 0.0487. The fourth-order valence-electron chi connectivity index (χ4n) is 2.96. The summed E-state index contributed by atoms with van der Waals surface area (Å²) in [6, 6.07) is 8.57. The summed E-state index contributed by atoms with van der Waals surface area (Å²) in [5.41, 5.74) is 1.58. The largest absolute Gasteiger partial charge is 0.340 e. The van der Waals surface area contributed by atoms with E-state index >= 15 is 0 Å². The van der Waals surface area contributed by atoms with Crippen molar-refractivity contribution >= 4 is 15.7 Å². The van der Waals surface area contributed by atoms with Crippen LogP contribution in [0, 0.1) is 11.3 Å². The van der Waals surface area contributed by atoms with Crippen LogP contribution in [-0.4, -0.2) is 49.9 Å². The van der Waals surface area contributed by atoms with Gasteiger partial charge in [0.15, 0.2) is 9.84 Å². The van der Waals surface area contributed by atoms with Crippen LogP contribution in [0.5, 0.6) is 0 Å². The summed E-state index contributed by atoms with van der Waals surface area (Å²) in [6.45, 7) is 3.73. The number of benzene rings is 1. The van der Waals surface area contributed by atoms with Crippen molar-refractivity contribution in [1.82, 2.24) is 10.2 Å². The maximum atomic E-state index is 12.5. The summed E-state index contributed by atoms with van der Waals surface area (Å²) < 4.78 is 23.2. The van der Waals surface area contributed by atoms with Gasteiger partial charge in [-0.05, 0) is 38.0 Å². The van der Waals surface area contributed by atoms with Gasteiger partial charge < -0.3 is 4.90 Å². The van der Waals surface area contributed by atoms with Crippen LogP contribution < -0.4 is 5.32 Å². The third-order valence-electron chi connectivity index (χ3n) is 4.51. The molecule has 3 atom stereocenters. The van der Waals surface area contributed by atoms with Crippen molar-refractivity contribution < 1.29 is 13.2 Å². The maximum Gasteiger partial charge on any atom is 0.239 e. The number of carbonyl (C=O) groups is 1. The molecule has 0 unspecified atom stereocenters. The maximum absolute atomic E-state index is 12.5. The number of likely N-dealkylation sites (N-methyl/N-ethyl adjacent to an activating group) is 1. The lowest BCUT2D eigenvalue weighted by molar-refractivity contribution is -0.133. The standard InChI is InChI=1S/C17H23N3O3S/c1-12(15-6-4-14(10-18)5-7-15)19-13(2)17(21)20(3)16-8-9-24(22,23)11-16/h4-7,12-13,16,19H,8-9,11H2,1-3H3/t12-,13-,16-/m0/s1. The van der Waals surface area contributed by atoms with E-state index in [-0.39, 0.29) is 29.5 Å². The molecule has 1 N–H and O–H groups in total. The highest BCUT2D eigenvalue weighted by Gasteiger charge is 2.34. The van der Waals surface area contributed by atoms with E-state index in [1.807, 2.05) is 19.1 Å². The summed E-state index contributed by atoms with van der Waals surface area (Å²) in [5.74, 6) is 0.0869. The molecule has 1 amide bonds. The van der Waals surface area contributed by atoms with Crippen LogP contribution in [0.1, 0.15) is 37.4 Å². The van der Waals surface area contributed by atoms with Crippen LogP contribution in [0.25, 0.3) is 0 Å². The number of nitrogens with one attached hydrogen (secondary N) is 1. The molecule has 1 aromatic rings. The van der Waals surface area contributed by atoms with Crippen molar-refractivity contribution in [2.75, 3.05) is 18.6 Å². The molecule has 7 heteroatoms. The Balaban J connectivity index is 1.96. The molecule has 0 bridgehead atoms. The summed E-state index contributed by atoms with van der Waals surface area (Å²) in [4.78, 5) is 14.1. The number of rotatable bonds is 5. The second-order valence-corrected chi connectivity index (χ2v) is 8.58. The highest BCUT2D eigenvalue weighted by atomic mass is 32.2. The highest BCUT2D eigenvalue weighted by Crippen LogP contribution is 2.18. The molecule has 1 aliphatic rings. The molecule has 6 nitrogen and oxygen atoms in total. The van der Waals surface area contributed by atoms with Gasteiger partial charge in [-0.15, -0.1) is 0 Å². The quantitative estimate of drug-likeness (QED) is 0.864. The lowest BCUT2D eigenvalue weighted by Crippen LogP contribution is -2.48. The molecule has 1 aromatic carbocycles. The van der Waals surface area contributed by atoms with Crippen molar-refractivity contribution in [3.8, 4) is 6.07 Å². The van der Waals surface area contributed by atoms with E-state index in [1.54, 1.807) is 31.0 Å². The summed E-state index contributed by atoms with van der Waals surface area (Å²) in [7, 11) is -1.35. The van der Waals surface area contributed by atoms with Crippen LogP contribution in [0.4, 0.5) is 0 Å². The summed E-state index contributed by atoms with van der Waals surface area (Å²) >= 11 is 0. The molecule has 1 fully saturated rings. The minimum atomic E-state index is -3.01. The molecule has 0 saturated carbocycles. The molecule has 1 heterocycles. The fraction of sp³-hybridized carbons (Fsp3) is 0.529. The number of sulfone groups is 1. The van der Waals surface area contributed by atoms with Crippen LogP contribution in [0.2, 0.25) is 0 Å². The summed E-state index contributed by atoms with van der Waals surface area (Å²) in [6.07, 6.45) is 0.502. The zero-order valence-electron chi connectivity index (χ0n) is 14.2. The van der Waals surface area contributed by atoms with Gasteiger partial charge in [0.25, 0.3) is 0 Å². The molecule has 2 rings (SSSR count). The Morgan fingerprint density at radius 1 is 1.33 bits per heavy atom. The Morgan fingerprint density at radius 2 is 1.96 bits per heavy atom. The SMILES string of the molecule is C[C@H](N[C@@H](C)c1ccc(C#N)cc1)C(=O)N(C)[C@H]1CCS(=O)(=O)C1. The molecule has 0 aromatic heterocycles. The number of hydrogen-bond acceptors (Lipinski definition) is 5. The summed E-state index contributed by atoms with van der Waals surface area (Å²) in [5, 5.41) is 12.1. The van der Waals surface area contributed by atoms with Crippen molar-refractivity contribution in [3.63, 3.8) is 0 Å². The van der Waals surface area contributed by atoms with Crippen LogP contribution in [0.15, 0.2) is 24.3 Å². The van der Waals surface area contributed by atoms with Gasteiger partial charge in [0, 0.05) is 19.1 Å². The molecule has 0 spiro atoms. The van der Waals surface area contributed by atoms with E-state index in [2.05, 4.69) is 11.4 Å². The zero-order chi connectivity index (χ0) is 17.9. The number of nitriles is 1. The third kappa shape index (κ3) is 4.34. The average Bonchev–Trinajstić information content (AvgIpc) is 2.93. The van der Waals surface area contributed by atoms with Crippen molar-refractivity contribution in [1.29, 1.82) is 5.26 Å². The Kier molecular flexibility index (Phi) is 5.62. The molecule has 130 valence electrons. The Morgan fingerprint density at radius 3 is 2.46 bits per heavy atom. The Bertz CT molecular complexity index is 737.